The van der Waals surface area contributed by atoms with Crippen molar-refractivity contribution in [2.75, 3.05) is 11.9 Å². The topological polar surface area (TPSA) is 60.5 Å². The van der Waals surface area contributed by atoms with E-state index in [-0.39, 0.29) is 18.0 Å². The molecule has 1 aromatic heterocycles. The van der Waals surface area contributed by atoms with Crippen molar-refractivity contribution < 1.29 is 27.4 Å². The van der Waals surface area contributed by atoms with Crippen LogP contribution < -0.4 is 10.1 Å². The first-order chi connectivity index (χ1) is 9.53. The molecule has 21 heavy (non-hydrogen) atoms. The van der Waals surface area contributed by atoms with Crippen LogP contribution in [-0.4, -0.2) is 23.3 Å². The molecule has 0 bridgehead atoms. The van der Waals surface area contributed by atoms with E-state index >= 15 is 0 Å². The Morgan fingerprint density at radius 1 is 1.33 bits per heavy atom. The largest absolute Gasteiger partial charge is 0.492 e. The number of nitrogens with zero attached hydrogens (tertiary/aromatic N) is 1. The van der Waals surface area contributed by atoms with Crippen LogP contribution in [0.25, 0.3) is 0 Å². The summed E-state index contributed by atoms with van der Waals surface area (Å²) < 4.78 is 47.9. The second-order valence-corrected chi connectivity index (χ2v) is 5.12. The molecule has 1 rings (SSSR count). The number of pyridine rings is 1. The zero-order valence-electron chi connectivity index (χ0n) is 12.2. The summed E-state index contributed by atoms with van der Waals surface area (Å²) in [5.41, 5.74) is -1.81. The number of halogens is 3. The molecule has 118 valence electrons. The molecule has 0 saturated heterocycles. The molecule has 0 aromatic carbocycles. The van der Waals surface area contributed by atoms with Crippen LogP contribution in [0.4, 0.5) is 23.7 Å². The molecule has 0 spiro atoms. The zero-order chi connectivity index (χ0) is 16.3. The maximum Gasteiger partial charge on any atom is 0.433 e. The van der Waals surface area contributed by atoms with E-state index in [1.54, 1.807) is 27.7 Å². The summed E-state index contributed by atoms with van der Waals surface area (Å²) in [5, 5.41) is 2.31. The molecule has 0 fully saturated rings. The van der Waals surface area contributed by atoms with Crippen LogP contribution in [0.2, 0.25) is 0 Å². The number of ether oxygens (including phenoxy) is 2. The average molecular weight is 306 g/mol. The fraction of sp³-hybridized carbons (Fsp3) is 0.538. The van der Waals surface area contributed by atoms with Gasteiger partial charge in [-0.2, -0.15) is 13.2 Å². The fourth-order valence-electron chi connectivity index (χ4n) is 1.37. The van der Waals surface area contributed by atoms with Gasteiger partial charge in [0.1, 0.15) is 22.7 Å². The van der Waals surface area contributed by atoms with E-state index in [1.165, 1.54) is 0 Å². The third-order valence-corrected chi connectivity index (χ3v) is 2.09. The molecule has 5 nitrogen and oxygen atoms in total. The number of carbonyl (C=O) groups is 1. The van der Waals surface area contributed by atoms with Crippen LogP contribution in [-0.2, 0) is 10.9 Å². The van der Waals surface area contributed by atoms with Crippen LogP contribution in [0.5, 0.6) is 5.75 Å². The minimum absolute atomic E-state index is 0.0131. The third kappa shape index (κ3) is 5.49. The maximum atomic E-state index is 12.6. The van der Waals surface area contributed by atoms with Crippen molar-refractivity contribution in [1.82, 2.24) is 4.98 Å². The Morgan fingerprint density at radius 2 is 1.95 bits per heavy atom. The molecular weight excluding hydrogens is 289 g/mol. The first-order valence-corrected chi connectivity index (χ1v) is 6.23. The Kier molecular flexibility index (Phi) is 5.03. The molecule has 1 N–H and O–H groups in total. The van der Waals surface area contributed by atoms with Crippen LogP contribution in [0, 0.1) is 0 Å². The average Bonchev–Trinajstić information content (AvgIpc) is 2.27. The van der Waals surface area contributed by atoms with Crippen molar-refractivity contribution in [3.05, 3.63) is 18.0 Å². The minimum Gasteiger partial charge on any atom is -0.492 e. The lowest BCUT2D eigenvalue weighted by molar-refractivity contribution is -0.141. The molecule has 0 unspecified atom stereocenters. The van der Waals surface area contributed by atoms with Crippen molar-refractivity contribution in [1.29, 1.82) is 0 Å². The third-order valence-electron chi connectivity index (χ3n) is 2.09. The van der Waals surface area contributed by atoms with E-state index in [2.05, 4.69) is 10.3 Å². The summed E-state index contributed by atoms with van der Waals surface area (Å²) in [6.07, 6.45) is -4.50. The van der Waals surface area contributed by atoms with Crippen LogP contribution in [0.3, 0.4) is 0 Å². The van der Waals surface area contributed by atoms with E-state index in [0.29, 0.717) is 0 Å². The van der Waals surface area contributed by atoms with Crippen molar-refractivity contribution in [2.24, 2.45) is 0 Å². The van der Waals surface area contributed by atoms with Crippen molar-refractivity contribution >= 4 is 11.8 Å². The van der Waals surface area contributed by atoms with Crippen LogP contribution >= 0.6 is 0 Å². The highest BCUT2D eigenvalue weighted by Gasteiger charge is 2.33. The number of anilines is 1. The lowest BCUT2D eigenvalue weighted by Gasteiger charge is -2.20. The lowest BCUT2D eigenvalue weighted by Crippen LogP contribution is -2.27. The van der Waals surface area contributed by atoms with Crippen LogP contribution in [0.1, 0.15) is 33.4 Å². The predicted molar refractivity (Wildman–Crippen MR) is 70.3 cm³/mol. The number of hydrogen-bond acceptors (Lipinski definition) is 4. The quantitative estimate of drug-likeness (QED) is 0.921. The van der Waals surface area contributed by atoms with Gasteiger partial charge in [0.25, 0.3) is 0 Å². The van der Waals surface area contributed by atoms with E-state index in [0.717, 1.165) is 12.3 Å². The summed E-state index contributed by atoms with van der Waals surface area (Å²) in [6.45, 7) is 6.76. The monoisotopic (exact) mass is 306 g/mol. The summed E-state index contributed by atoms with van der Waals surface area (Å²) in [6, 6.07) is 0.732. The van der Waals surface area contributed by atoms with E-state index in [1.807, 2.05) is 0 Å². The highest BCUT2D eigenvalue weighted by Crippen LogP contribution is 2.33. The van der Waals surface area contributed by atoms with Gasteiger partial charge in [0.15, 0.2) is 0 Å². The molecule has 8 heteroatoms. The van der Waals surface area contributed by atoms with Crippen molar-refractivity contribution in [3.63, 3.8) is 0 Å². The van der Waals surface area contributed by atoms with Crippen molar-refractivity contribution in [3.8, 4) is 5.75 Å². The van der Waals surface area contributed by atoms with Gasteiger partial charge in [-0.05, 0) is 27.7 Å². The fourth-order valence-corrected chi connectivity index (χ4v) is 1.37. The van der Waals surface area contributed by atoms with E-state index < -0.39 is 23.6 Å². The number of nitrogens with one attached hydrogen (secondary N) is 1. The van der Waals surface area contributed by atoms with E-state index in [4.69, 9.17) is 9.47 Å². The van der Waals surface area contributed by atoms with Gasteiger partial charge in [0.05, 0.1) is 12.8 Å². The minimum atomic E-state index is -4.59. The molecule has 1 heterocycles. The molecule has 0 atom stereocenters. The Bertz CT molecular complexity index is 510. The highest BCUT2D eigenvalue weighted by atomic mass is 19.4. The maximum absolute atomic E-state index is 12.6. The van der Waals surface area contributed by atoms with Gasteiger partial charge in [-0.15, -0.1) is 0 Å². The first-order valence-electron chi connectivity index (χ1n) is 6.23. The molecule has 0 aliphatic rings. The number of aromatic nitrogens is 1. The summed E-state index contributed by atoms with van der Waals surface area (Å²) in [5.74, 6) is -0.120. The molecule has 1 aromatic rings. The zero-order valence-corrected chi connectivity index (χ0v) is 12.2. The number of hydrogen-bond donors (Lipinski definition) is 1. The normalized spacial score (nSPS) is 12.0. The molecule has 0 saturated carbocycles. The number of amides is 1. The summed E-state index contributed by atoms with van der Waals surface area (Å²) in [7, 11) is 0. The van der Waals surface area contributed by atoms with Crippen LogP contribution in [0.15, 0.2) is 12.3 Å². The Balaban J connectivity index is 2.99. The molecule has 0 radical (unpaired) electrons. The van der Waals surface area contributed by atoms with Gasteiger partial charge in [0.2, 0.25) is 0 Å². The standard InChI is InChI=1S/C13H17F3N2O3/c1-5-20-9-6-10(13(14,15)16)17-7-8(9)18-11(19)21-12(2,3)4/h6-7H,5H2,1-4H3,(H,18,19). The number of rotatable bonds is 3. The van der Waals surface area contributed by atoms with Gasteiger partial charge in [-0.3, -0.25) is 5.32 Å². The summed E-state index contributed by atoms with van der Waals surface area (Å²) in [4.78, 5) is 14.9. The smallest absolute Gasteiger partial charge is 0.433 e. The number of carbonyl (C=O) groups excluding carboxylic acids is 1. The molecule has 1 amide bonds. The van der Waals surface area contributed by atoms with E-state index in [9.17, 15) is 18.0 Å². The Labute approximate surface area is 120 Å². The Morgan fingerprint density at radius 3 is 2.43 bits per heavy atom. The second kappa shape index (κ2) is 6.19. The second-order valence-electron chi connectivity index (χ2n) is 5.12. The Hall–Kier alpha value is -1.99. The van der Waals surface area contributed by atoms with Gasteiger partial charge in [-0.1, -0.05) is 0 Å². The molecule has 0 aliphatic carbocycles. The first kappa shape index (κ1) is 17.1. The highest BCUT2D eigenvalue weighted by molar-refractivity contribution is 5.86. The lowest BCUT2D eigenvalue weighted by atomic mass is 10.2. The van der Waals surface area contributed by atoms with Gasteiger partial charge in [-0.25, -0.2) is 9.78 Å². The molecule has 0 aliphatic heterocycles. The number of alkyl halides is 3. The van der Waals surface area contributed by atoms with Crippen molar-refractivity contribution in [2.45, 2.75) is 39.5 Å². The SMILES string of the molecule is CCOc1cc(C(F)(F)F)ncc1NC(=O)OC(C)(C)C. The van der Waals surface area contributed by atoms with Gasteiger partial charge < -0.3 is 9.47 Å². The predicted octanol–water partition coefficient (Wildman–Crippen LogP) is 3.85. The van der Waals surface area contributed by atoms with Gasteiger partial charge >= 0.3 is 12.3 Å². The molecular formula is C13H17F3N2O3. The summed E-state index contributed by atoms with van der Waals surface area (Å²) >= 11 is 0. The van der Waals surface area contributed by atoms with Gasteiger partial charge in [0, 0.05) is 6.07 Å².